The van der Waals surface area contributed by atoms with Gasteiger partial charge in [-0.25, -0.2) is 0 Å². The average Bonchev–Trinajstić information content (AvgIpc) is 2.96. The van der Waals surface area contributed by atoms with Crippen LogP contribution in [0.25, 0.3) is 0 Å². The second kappa shape index (κ2) is 7.16. The standard InChI is InChI=1S/C17H18ClNO2S/c18-16-7-5-13(22-16)6-8-17(20)19-11-12-9-10-21-15-4-2-1-3-14(12)15/h1-5,7,12H,6,8-11H2,(H,19,20). The number of thiophene rings is 1. The van der Waals surface area contributed by atoms with E-state index in [1.165, 1.54) is 16.9 Å². The highest BCUT2D eigenvalue weighted by Gasteiger charge is 2.21. The van der Waals surface area contributed by atoms with Crippen LogP contribution < -0.4 is 10.1 Å². The summed E-state index contributed by atoms with van der Waals surface area (Å²) in [6, 6.07) is 11.9. The Morgan fingerprint density at radius 2 is 2.18 bits per heavy atom. The quantitative estimate of drug-likeness (QED) is 0.896. The summed E-state index contributed by atoms with van der Waals surface area (Å²) >= 11 is 7.43. The smallest absolute Gasteiger partial charge is 0.220 e. The Hall–Kier alpha value is -1.52. The van der Waals surface area contributed by atoms with Crippen LogP contribution in [0.5, 0.6) is 5.75 Å². The molecule has 1 unspecified atom stereocenters. The number of aryl methyl sites for hydroxylation is 1. The fourth-order valence-electron chi connectivity index (χ4n) is 2.68. The van der Waals surface area contributed by atoms with Gasteiger partial charge in [0.05, 0.1) is 10.9 Å². The van der Waals surface area contributed by atoms with Crippen molar-refractivity contribution in [3.8, 4) is 5.75 Å². The number of hydrogen-bond acceptors (Lipinski definition) is 3. The maximum Gasteiger partial charge on any atom is 0.220 e. The fraction of sp³-hybridized carbons (Fsp3) is 0.353. The summed E-state index contributed by atoms with van der Waals surface area (Å²) in [5.74, 6) is 1.37. The number of amides is 1. The molecule has 5 heteroatoms. The zero-order valence-corrected chi connectivity index (χ0v) is 13.8. The van der Waals surface area contributed by atoms with Gasteiger partial charge in [-0.15, -0.1) is 11.3 Å². The zero-order chi connectivity index (χ0) is 15.4. The summed E-state index contributed by atoms with van der Waals surface area (Å²) in [6.07, 6.45) is 2.19. The molecule has 1 amide bonds. The number of carbonyl (C=O) groups is 1. The van der Waals surface area contributed by atoms with Crippen molar-refractivity contribution in [3.05, 3.63) is 51.2 Å². The summed E-state index contributed by atoms with van der Waals surface area (Å²) < 4.78 is 6.42. The van der Waals surface area contributed by atoms with Crippen molar-refractivity contribution in [2.75, 3.05) is 13.2 Å². The molecule has 1 aliphatic heterocycles. The van der Waals surface area contributed by atoms with Crippen LogP contribution in [0.3, 0.4) is 0 Å². The number of nitrogens with one attached hydrogen (secondary N) is 1. The molecule has 1 N–H and O–H groups in total. The molecule has 0 bridgehead atoms. The number of fused-ring (bicyclic) bond motifs is 1. The SMILES string of the molecule is O=C(CCc1ccc(Cl)s1)NCC1CCOc2ccccc21. The second-order valence-corrected chi connectivity index (χ2v) is 7.18. The topological polar surface area (TPSA) is 38.3 Å². The van der Waals surface area contributed by atoms with Gasteiger partial charge in [-0.3, -0.25) is 4.79 Å². The molecule has 0 saturated heterocycles. The van der Waals surface area contributed by atoms with Gasteiger partial charge in [0.2, 0.25) is 5.91 Å². The van der Waals surface area contributed by atoms with Crippen LogP contribution in [0.4, 0.5) is 0 Å². The summed E-state index contributed by atoms with van der Waals surface area (Å²) in [7, 11) is 0. The number of carbonyl (C=O) groups excluding carboxylic acids is 1. The van der Waals surface area contributed by atoms with Crippen molar-refractivity contribution in [2.24, 2.45) is 0 Å². The van der Waals surface area contributed by atoms with E-state index in [2.05, 4.69) is 11.4 Å². The summed E-state index contributed by atoms with van der Waals surface area (Å²) in [5.41, 5.74) is 1.19. The molecule has 2 aromatic rings. The van der Waals surface area contributed by atoms with E-state index in [-0.39, 0.29) is 5.91 Å². The minimum absolute atomic E-state index is 0.0912. The molecule has 1 aliphatic rings. The van der Waals surface area contributed by atoms with Crippen molar-refractivity contribution in [3.63, 3.8) is 0 Å². The van der Waals surface area contributed by atoms with Crippen LogP contribution in [0.2, 0.25) is 4.34 Å². The van der Waals surface area contributed by atoms with Crippen LogP contribution in [0, 0.1) is 0 Å². The Bertz CT molecular complexity index is 656. The van der Waals surface area contributed by atoms with Crippen molar-refractivity contribution in [1.29, 1.82) is 0 Å². The van der Waals surface area contributed by atoms with E-state index in [1.54, 1.807) is 0 Å². The van der Waals surface area contributed by atoms with Crippen LogP contribution in [-0.2, 0) is 11.2 Å². The molecule has 2 heterocycles. The van der Waals surface area contributed by atoms with Gasteiger partial charge in [-0.05, 0) is 36.6 Å². The number of hydrogen-bond donors (Lipinski definition) is 1. The number of ether oxygens (including phenoxy) is 1. The highest BCUT2D eigenvalue weighted by atomic mass is 35.5. The molecule has 0 aliphatic carbocycles. The van der Waals surface area contributed by atoms with Crippen molar-refractivity contribution < 1.29 is 9.53 Å². The van der Waals surface area contributed by atoms with E-state index in [1.807, 2.05) is 30.3 Å². The first-order valence-electron chi connectivity index (χ1n) is 7.45. The monoisotopic (exact) mass is 335 g/mol. The molecule has 0 radical (unpaired) electrons. The van der Waals surface area contributed by atoms with Gasteiger partial charge in [0, 0.05) is 23.8 Å². The van der Waals surface area contributed by atoms with Gasteiger partial charge in [-0.1, -0.05) is 29.8 Å². The van der Waals surface area contributed by atoms with Gasteiger partial charge >= 0.3 is 0 Å². The predicted octanol–water partition coefficient (Wildman–Crippen LogP) is 4.02. The normalized spacial score (nSPS) is 16.7. The molecular weight excluding hydrogens is 318 g/mol. The lowest BCUT2D eigenvalue weighted by molar-refractivity contribution is -0.121. The van der Waals surface area contributed by atoms with Crippen LogP contribution in [0.1, 0.15) is 29.2 Å². The first-order chi connectivity index (χ1) is 10.7. The van der Waals surface area contributed by atoms with Crippen LogP contribution in [-0.4, -0.2) is 19.1 Å². The number of rotatable bonds is 5. The molecule has 1 atom stereocenters. The highest BCUT2D eigenvalue weighted by Crippen LogP contribution is 2.32. The predicted molar refractivity (Wildman–Crippen MR) is 90.0 cm³/mol. The van der Waals surface area contributed by atoms with E-state index in [0.29, 0.717) is 25.5 Å². The molecule has 0 fully saturated rings. The maximum atomic E-state index is 12.0. The third-order valence-corrected chi connectivity index (χ3v) is 5.15. The molecule has 1 aromatic carbocycles. The molecule has 3 nitrogen and oxygen atoms in total. The fourth-order valence-corrected chi connectivity index (χ4v) is 3.76. The van der Waals surface area contributed by atoms with Gasteiger partial charge in [0.1, 0.15) is 5.75 Å². The van der Waals surface area contributed by atoms with Crippen molar-refractivity contribution >= 4 is 28.8 Å². The minimum atomic E-state index is 0.0912. The Kier molecular flexibility index (Phi) is 5.01. The number of para-hydroxylation sites is 1. The Labute approximate surface area is 139 Å². The summed E-state index contributed by atoms with van der Waals surface area (Å²) in [4.78, 5) is 13.2. The van der Waals surface area contributed by atoms with Gasteiger partial charge < -0.3 is 10.1 Å². The molecule has 3 rings (SSSR count). The maximum absolute atomic E-state index is 12.0. The lowest BCUT2D eigenvalue weighted by Gasteiger charge is -2.26. The van der Waals surface area contributed by atoms with Crippen LogP contribution in [0.15, 0.2) is 36.4 Å². The zero-order valence-electron chi connectivity index (χ0n) is 12.2. The first-order valence-corrected chi connectivity index (χ1v) is 8.64. The van der Waals surface area contributed by atoms with Crippen molar-refractivity contribution in [2.45, 2.75) is 25.2 Å². The minimum Gasteiger partial charge on any atom is -0.493 e. The van der Waals surface area contributed by atoms with Crippen LogP contribution >= 0.6 is 22.9 Å². The molecule has 0 spiro atoms. The Balaban J connectivity index is 1.49. The highest BCUT2D eigenvalue weighted by molar-refractivity contribution is 7.16. The molecule has 22 heavy (non-hydrogen) atoms. The van der Waals surface area contributed by atoms with E-state index in [9.17, 15) is 4.79 Å². The van der Waals surface area contributed by atoms with E-state index in [4.69, 9.17) is 16.3 Å². The lowest BCUT2D eigenvalue weighted by Crippen LogP contribution is -2.30. The third-order valence-electron chi connectivity index (χ3n) is 3.86. The number of halogens is 1. The second-order valence-electron chi connectivity index (χ2n) is 5.38. The van der Waals surface area contributed by atoms with E-state index in [0.717, 1.165) is 27.8 Å². The lowest BCUT2D eigenvalue weighted by atomic mass is 9.93. The molecule has 116 valence electrons. The number of benzene rings is 1. The third kappa shape index (κ3) is 3.81. The average molecular weight is 336 g/mol. The Morgan fingerprint density at radius 1 is 1.32 bits per heavy atom. The largest absolute Gasteiger partial charge is 0.493 e. The van der Waals surface area contributed by atoms with Crippen molar-refractivity contribution in [1.82, 2.24) is 5.32 Å². The van der Waals surface area contributed by atoms with Gasteiger partial charge in [0.15, 0.2) is 0 Å². The molecule has 1 aromatic heterocycles. The van der Waals surface area contributed by atoms with E-state index < -0.39 is 0 Å². The first kappa shape index (κ1) is 15.4. The summed E-state index contributed by atoms with van der Waals surface area (Å²) in [6.45, 7) is 1.38. The van der Waals surface area contributed by atoms with Gasteiger partial charge in [0.25, 0.3) is 0 Å². The van der Waals surface area contributed by atoms with Gasteiger partial charge in [-0.2, -0.15) is 0 Å². The Morgan fingerprint density at radius 3 is 3.00 bits per heavy atom. The molecular formula is C17H18ClNO2S. The molecule has 0 saturated carbocycles. The summed E-state index contributed by atoms with van der Waals surface area (Å²) in [5, 5.41) is 3.05. The van der Waals surface area contributed by atoms with E-state index >= 15 is 0 Å².